The molecule has 2 N–H and O–H groups in total. The number of hydrogen-bond acceptors (Lipinski definition) is 5. The molecule has 1 fully saturated rings. The summed E-state index contributed by atoms with van der Waals surface area (Å²) in [5, 5.41) is 4.26. The van der Waals surface area contributed by atoms with Crippen LogP contribution in [0.4, 0.5) is 0 Å². The Kier molecular flexibility index (Phi) is 5.76. The normalized spacial score (nSPS) is 21.7. The highest BCUT2D eigenvalue weighted by Gasteiger charge is 2.39. The summed E-state index contributed by atoms with van der Waals surface area (Å²) >= 11 is 0. The van der Waals surface area contributed by atoms with Gasteiger partial charge in [0.05, 0.1) is 5.92 Å². The van der Waals surface area contributed by atoms with Gasteiger partial charge in [-0.25, -0.2) is 0 Å². The van der Waals surface area contributed by atoms with Gasteiger partial charge in [0.15, 0.2) is 0 Å². The maximum atomic E-state index is 6.11. The van der Waals surface area contributed by atoms with Crippen molar-refractivity contribution in [2.45, 2.75) is 83.3 Å². The summed E-state index contributed by atoms with van der Waals surface area (Å²) in [5.74, 6) is 1.50. The molecule has 5 heteroatoms. The highest BCUT2D eigenvalue weighted by Crippen LogP contribution is 2.38. The van der Waals surface area contributed by atoms with Gasteiger partial charge in [-0.2, -0.15) is 4.98 Å². The predicted octanol–water partition coefficient (Wildman–Crippen LogP) is 3.50. The Morgan fingerprint density at radius 2 is 1.90 bits per heavy atom. The molecule has 1 aliphatic rings. The Labute approximate surface area is 127 Å². The molecule has 1 heterocycles. The fourth-order valence-corrected chi connectivity index (χ4v) is 3.35. The van der Waals surface area contributed by atoms with E-state index in [1.807, 2.05) is 13.8 Å². The molecule has 1 saturated carbocycles. The summed E-state index contributed by atoms with van der Waals surface area (Å²) in [4.78, 5) is 4.68. The van der Waals surface area contributed by atoms with Gasteiger partial charge in [0.25, 0.3) is 0 Å². The summed E-state index contributed by atoms with van der Waals surface area (Å²) in [5.41, 5.74) is 5.67. The first kappa shape index (κ1) is 16.4. The van der Waals surface area contributed by atoms with E-state index in [9.17, 15) is 0 Å². The molecule has 0 amide bonds. The highest BCUT2D eigenvalue weighted by atomic mass is 16.5. The van der Waals surface area contributed by atoms with E-state index in [1.165, 1.54) is 12.8 Å². The van der Waals surface area contributed by atoms with Crippen molar-refractivity contribution in [3.8, 4) is 0 Å². The summed E-state index contributed by atoms with van der Waals surface area (Å²) in [6, 6.07) is 0.0143. The van der Waals surface area contributed by atoms with E-state index in [4.69, 9.17) is 15.0 Å². The van der Waals surface area contributed by atoms with Crippen molar-refractivity contribution in [1.29, 1.82) is 0 Å². The van der Waals surface area contributed by atoms with Crippen LogP contribution in [0.15, 0.2) is 4.52 Å². The minimum absolute atomic E-state index is 0.0143. The Bertz CT molecular complexity index is 423. The van der Waals surface area contributed by atoms with Gasteiger partial charge < -0.3 is 15.0 Å². The zero-order valence-electron chi connectivity index (χ0n) is 13.6. The van der Waals surface area contributed by atoms with Gasteiger partial charge in [-0.3, -0.25) is 0 Å². The van der Waals surface area contributed by atoms with Crippen LogP contribution in [-0.2, 0) is 10.3 Å². The van der Waals surface area contributed by atoms with E-state index < -0.39 is 0 Å². The Morgan fingerprint density at radius 1 is 1.24 bits per heavy atom. The van der Waals surface area contributed by atoms with Crippen molar-refractivity contribution in [2.75, 3.05) is 6.61 Å². The largest absolute Gasteiger partial charge is 0.367 e. The van der Waals surface area contributed by atoms with Crippen LogP contribution in [-0.4, -0.2) is 22.8 Å². The van der Waals surface area contributed by atoms with Crippen LogP contribution in [0.5, 0.6) is 0 Å². The van der Waals surface area contributed by atoms with Crippen LogP contribution < -0.4 is 5.73 Å². The lowest BCUT2D eigenvalue weighted by atomic mass is 9.93. The fourth-order valence-electron chi connectivity index (χ4n) is 3.35. The van der Waals surface area contributed by atoms with Crippen LogP contribution in [0.25, 0.3) is 0 Å². The second-order valence-electron chi connectivity index (χ2n) is 6.17. The molecule has 5 nitrogen and oxygen atoms in total. The number of nitrogens with zero attached hydrogens (tertiary/aromatic N) is 2. The molecule has 0 radical (unpaired) electrons. The van der Waals surface area contributed by atoms with Gasteiger partial charge in [-0.05, 0) is 33.1 Å². The topological polar surface area (TPSA) is 74.2 Å². The first-order chi connectivity index (χ1) is 10.1. The molecule has 1 aliphatic carbocycles. The van der Waals surface area contributed by atoms with Crippen molar-refractivity contribution < 1.29 is 9.26 Å². The standard InChI is InChI=1S/C16H29N3O2/c1-4-13(12(3)17)14-18-15(19-21-14)16(20-5-2)10-8-6-7-9-11-16/h12-13H,4-11,17H2,1-3H3. The molecule has 0 saturated heterocycles. The lowest BCUT2D eigenvalue weighted by molar-refractivity contribution is -0.0636. The predicted molar refractivity (Wildman–Crippen MR) is 82.0 cm³/mol. The van der Waals surface area contributed by atoms with Gasteiger partial charge in [0.2, 0.25) is 11.7 Å². The van der Waals surface area contributed by atoms with Gasteiger partial charge >= 0.3 is 0 Å². The van der Waals surface area contributed by atoms with Crippen molar-refractivity contribution in [2.24, 2.45) is 5.73 Å². The quantitative estimate of drug-likeness (QED) is 0.813. The number of aromatic nitrogens is 2. The molecule has 21 heavy (non-hydrogen) atoms. The zero-order valence-corrected chi connectivity index (χ0v) is 13.6. The SMILES string of the molecule is CCOC1(c2noc(C(CC)C(C)N)n2)CCCCCC1. The first-order valence-corrected chi connectivity index (χ1v) is 8.36. The van der Waals surface area contributed by atoms with E-state index in [0.29, 0.717) is 12.5 Å². The van der Waals surface area contributed by atoms with E-state index in [1.54, 1.807) is 0 Å². The molecule has 0 aromatic carbocycles. The number of hydrogen-bond donors (Lipinski definition) is 1. The second-order valence-corrected chi connectivity index (χ2v) is 6.17. The van der Waals surface area contributed by atoms with Crippen molar-refractivity contribution in [3.05, 3.63) is 11.7 Å². The third kappa shape index (κ3) is 3.64. The Morgan fingerprint density at radius 3 is 2.43 bits per heavy atom. The molecule has 2 unspecified atom stereocenters. The minimum atomic E-state index is -0.358. The molecular formula is C16H29N3O2. The average molecular weight is 295 g/mol. The van der Waals surface area contributed by atoms with Crippen molar-refractivity contribution in [3.63, 3.8) is 0 Å². The number of nitrogens with two attached hydrogens (primary N) is 1. The Balaban J connectivity index is 2.26. The van der Waals surface area contributed by atoms with Gasteiger partial charge in [0, 0.05) is 12.6 Å². The van der Waals surface area contributed by atoms with E-state index in [-0.39, 0.29) is 17.6 Å². The molecule has 2 rings (SSSR count). The van der Waals surface area contributed by atoms with Gasteiger partial charge in [0.1, 0.15) is 5.60 Å². The lowest BCUT2D eigenvalue weighted by Gasteiger charge is -2.29. The van der Waals surface area contributed by atoms with Crippen LogP contribution in [0, 0.1) is 0 Å². The summed E-state index contributed by atoms with van der Waals surface area (Å²) in [7, 11) is 0. The summed E-state index contributed by atoms with van der Waals surface area (Å²) in [6.45, 7) is 6.79. The Hall–Kier alpha value is -0.940. The molecule has 2 atom stereocenters. The first-order valence-electron chi connectivity index (χ1n) is 8.36. The van der Waals surface area contributed by atoms with E-state index in [2.05, 4.69) is 17.1 Å². The maximum absolute atomic E-state index is 6.11. The number of ether oxygens (including phenoxy) is 1. The minimum Gasteiger partial charge on any atom is -0.367 e. The number of rotatable bonds is 6. The second kappa shape index (κ2) is 7.36. The van der Waals surface area contributed by atoms with Crippen LogP contribution >= 0.6 is 0 Å². The highest BCUT2D eigenvalue weighted by molar-refractivity contribution is 5.06. The third-order valence-electron chi connectivity index (χ3n) is 4.57. The third-order valence-corrected chi connectivity index (χ3v) is 4.57. The van der Waals surface area contributed by atoms with Gasteiger partial charge in [-0.15, -0.1) is 0 Å². The maximum Gasteiger partial charge on any atom is 0.231 e. The molecule has 1 aromatic heterocycles. The molecular weight excluding hydrogens is 266 g/mol. The average Bonchev–Trinajstić information content (AvgIpc) is 2.81. The van der Waals surface area contributed by atoms with Crippen molar-refractivity contribution in [1.82, 2.24) is 10.1 Å². The summed E-state index contributed by atoms with van der Waals surface area (Å²) < 4.78 is 11.6. The van der Waals surface area contributed by atoms with Crippen molar-refractivity contribution >= 4 is 0 Å². The summed E-state index contributed by atoms with van der Waals surface area (Å²) in [6.07, 6.45) is 7.71. The van der Waals surface area contributed by atoms with Crippen LogP contribution in [0.3, 0.4) is 0 Å². The monoisotopic (exact) mass is 295 g/mol. The molecule has 120 valence electrons. The van der Waals surface area contributed by atoms with Gasteiger partial charge in [-0.1, -0.05) is 37.8 Å². The van der Waals surface area contributed by atoms with Crippen LogP contribution in [0.1, 0.15) is 83.3 Å². The van der Waals surface area contributed by atoms with E-state index in [0.717, 1.165) is 37.9 Å². The van der Waals surface area contributed by atoms with E-state index >= 15 is 0 Å². The molecule has 0 spiro atoms. The molecule has 0 bridgehead atoms. The zero-order chi connectivity index (χ0) is 15.3. The lowest BCUT2D eigenvalue weighted by Crippen LogP contribution is -2.31. The molecule has 0 aliphatic heterocycles. The van der Waals surface area contributed by atoms with Crippen LogP contribution in [0.2, 0.25) is 0 Å². The fraction of sp³-hybridized carbons (Fsp3) is 0.875. The molecule has 1 aromatic rings. The smallest absolute Gasteiger partial charge is 0.231 e.